The Morgan fingerprint density at radius 1 is 1.11 bits per heavy atom. The molecule has 0 amide bonds. The van der Waals surface area contributed by atoms with E-state index in [0.717, 1.165) is 30.3 Å². The number of thiazole rings is 2. The van der Waals surface area contributed by atoms with Gasteiger partial charge in [-0.2, -0.15) is 0 Å². The molecule has 0 radical (unpaired) electrons. The van der Waals surface area contributed by atoms with Crippen molar-refractivity contribution in [1.29, 1.82) is 0 Å². The van der Waals surface area contributed by atoms with Crippen LogP contribution in [0.15, 0.2) is 26.9 Å². The van der Waals surface area contributed by atoms with E-state index in [1.165, 1.54) is 4.88 Å². The number of rotatable bonds is 2. The third-order valence-electron chi connectivity index (χ3n) is 2.58. The highest BCUT2D eigenvalue weighted by Crippen LogP contribution is 2.37. The van der Waals surface area contributed by atoms with Gasteiger partial charge in [0.2, 0.25) is 0 Å². The molecule has 2 N–H and O–H groups in total. The smallest absolute Gasteiger partial charge is 0.158 e. The summed E-state index contributed by atoms with van der Waals surface area (Å²) in [6.07, 6.45) is 0. The summed E-state index contributed by atoms with van der Waals surface area (Å²) in [4.78, 5) is 10.4. The summed E-state index contributed by atoms with van der Waals surface area (Å²) in [5.41, 5.74) is 8.66. The van der Waals surface area contributed by atoms with Crippen molar-refractivity contribution in [3.8, 4) is 0 Å². The largest absolute Gasteiger partial charge is 0.399 e. The molecule has 18 heavy (non-hydrogen) atoms. The van der Waals surface area contributed by atoms with Crippen LogP contribution in [0.2, 0.25) is 0 Å². The molecule has 0 unspecified atom stereocenters. The van der Waals surface area contributed by atoms with E-state index in [-0.39, 0.29) is 0 Å². The van der Waals surface area contributed by atoms with Gasteiger partial charge in [-0.15, -0.1) is 22.7 Å². The van der Waals surface area contributed by atoms with Crippen LogP contribution in [-0.2, 0) is 0 Å². The van der Waals surface area contributed by atoms with Crippen LogP contribution in [0.25, 0.3) is 10.2 Å². The molecule has 0 aliphatic rings. The van der Waals surface area contributed by atoms with Gasteiger partial charge in [0.1, 0.15) is 0 Å². The highest BCUT2D eigenvalue weighted by Gasteiger charge is 2.10. The molecule has 2 heterocycles. The van der Waals surface area contributed by atoms with Gasteiger partial charge in [0, 0.05) is 10.6 Å². The van der Waals surface area contributed by atoms with E-state index in [2.05, 4.69) is 16.9 Å². The molecule has 3 rings (SSSR count). The topological polar surface area (TPSA) is 51.8 Å². The summed E-state index contributed by atoms with van der Waals surface area (Å²) in [6.45, 7) is 4.13. The van der Waals surface area contributed by atoms with Gasteiger partial charge >= 0.3 is 0 Å². The Morgan fingerprint density at radius 3 is 2.61 bits per heavy atom. The van der Waals surface area contributed by atoms with Crippen LogP contribution < -0.4 is 5.73 Å². The molecule has 0 saturated carbocycles. The normalized spacial score (nSPS) is 11.2. The first-order chi connectivity index (χ1) is 8.61. The lowest BCUT2D eigenvalue weighted by Crippen LogP contribution is -1.81. The maximum atomic E-state index is 5.77. The first kappa shape index (κ1) is 12.0. The summed E-state index contributed by atoms with van der Waals surface area (Å²) >= 11 is 5.00. The molecule has 6 heteroatoms. The Morgan fingerprint density at radius 2 is 1.89 bits per heavy atom. The van der Waals surface area contributed by atoms with Gasteiger partial charge in [-0.3, -0.25) is 0 Å². The van der Waals surface area contributed by atoms with Crippen molar-refractivity contribution in [1.82, 2.24) is 9.97 Å². The zero-order valence-corrected chi connectivity index (χ0v) is 12.4. The number of aryl methyl sites for hydroxylation is 2. The van der Waals surface area contributed by atoms with Crippen LogP contribution in [0.5, 0.6) is 0 Å². The number of benzene rings is 1. The second kappa shape index (κ2) is 4.53. The molecule has 1 aromatic carbocycles. The standard InChI is InChI=1S/C12H11N3S3/c1-6-7(2)16-11(14-6)18-12-15-9-4-3-8(13)5-10(9)17-12/h3-5H,13H2,1-2H3. The highest BCUT2D eigenvalue weighted by atomic mass is 32.2. The molecule has 92 valence electrons. The average molecular weight is 293 g/mol. The molecule has 0 saturated heterocycles. The van der Waals surface area contributed by atoms with Crippen molar-refractivity contribution in [2.24, 2.45) is 0 Å². The SMILES string of the molecule is Cc1nc(Sc2nc3ccc(N)cc3s2)sc1C. The Balaban J connectivity index is 1.95. The Labute approximate surface area is 117 Å². The quantitative estimate of drug-likeness (QED) is 0.723. The van der Waals surface area contributed by atoms with Gasteiger partial charge in [-0.05, 0) is 43.8 Å². The van der Waals surface area contributed by atoms with Crippen LogP contribution in [0.3, 0.4) is 0 Å². The Kier molecular flexibility index (Phi) is 3.01. The first-order valence-corrected chi connectivity index (χ1v) is 7.85. The zero-order valence-electron chi connectivity index (χ0n) is 9.93. The number of aromatic nitrogens is 2. The van der Waals surface area contributed by atoms with Crippen molar-refractivity contribution in [3.63, 3.8) is 0 Å². The van der Waals surface area contributed by atoms with Gasteiger partial charge in [-0.1, -0.05) is 0 Å². The summed E-state index contributed by atoms with van der Waals surface area (Å²) in [7, 11) is 0. The molecule has 3 aromatic rings. The lowest BCUT2D eigenvalue weighted by molar-refractivity contribution is 1.14. The van der Waals surface area contributed by atoms with E-state index in [9.17, 15) is 0 Å². The first-order valence-electron chi connectivity index (χ1n) is 5.40. The third kappa shape index (κ3) is 2.23. The van der Waals surface area contributed by atoms with E-state index in [1.54, 1.807) is 34.4 Å². The molecule has 0 aliphatic carbocycles. The van der Waals surface area contributed by atoms with Crippen molar-refractivity contribution in [2.75, 3.05) is 5.73 Å². The maximum Gasteiger partial charge on any atom is 0.158 e. The van der Waals surface area contributed by atoms with Crippen molar-refractivity contribution < 1.29 is 0 Å². The lowest BCUT2D eigenvalue weighted by atomic mass is 10.3. The van der Waals surface area contributed by atoms with Gasteiger partial charge in [-0.25, -0.2) is 9.97 Å². The fourth-order valence-electron chi connectivity index (χ4n) is 1.53. The zero-order chi connectivity index (χ0) is 12.7. The van der Waals surface area contributed by atoms with Crippen LogP contribution in [-0.4, -0.2) is 9.97 Å². The monoisotopic (exact) mass is 293 g/mol. The minimum absolute atomic E-state index is 0.781. The number of nitrogen functional groups attached to an aromatic ring is 1. The number of nitrogens with two attached hydrogens (primary N) is 1. The highest BCUT2D eigenvalue weighted by molar-refractivity contribution is 8.02. The minimum atomic E-state index is 0.781. The number of nitrogens with zero attached hydrogens (tertiary/aromatic N) is 2. The number of hydrogen-bond donors (Lipinski definition) is 1. The second-order valence-corrected chi connectivity index (χ2v) is 7.66. The van der Waals surface area contributed by atoms with Crippen LogP contribution in [0.1, 0.15) is 10.6 Å². The maximum absolute atomic E-state index is 5.77. The second-order valence-electron chi connectivity index (χ2n) is 3.93. The molecule has 0 spiro atoms. The summed E-state index contributed by atoms with van der Waals surface area (Å²) in [5, 5.41) is 0. The molecule has 0 bridgehead atoms. The molecule has 3 nitrogen and oxygen atoms in total. The van der Waals surface area contributed by atoms with E-state index < -0.39 is 0 Å². The summed E-state index contributed by atoms with van der Waals surface area (Å²) < 4.78 is 3.20. The fraction of sp³-hybridized carbons (Fsp3) is 0.167. The number of hydrogen-bond acceptors (Lipinski definition) is 6. The number of fused-ring (bicyclic) bond motifs is 1. The average Bonchev–Trinajstić information content (AvgIpc) is 2.82. The fourth-order valence-corrected chi connectivity index (χ4v) is 4.99. The van der Waals surface area contributed by atoms with Gasteiger partial charge in [0.15, 0.2) is 8.68 Å². The molecule has 2 aromatic heterocycles. The predicted molar refractivity (Wildman–Crippen MR) is 79.7 cm³/mol. The van der Waals surface area contributed by atoms with Crippen LogP contribution in [0.4, 0.5) is 5.69 Å². The van der Waals surface area contributed by atoms with Crippen molar-refractivity contribution in [3.05, 3.63) is 28.8 Å². The van der Waals surface area contributed by atoms with E-state index in [0.29, 0.717) is 0 Å². The Bertz CT molecular complexity index is 695. The van der Waals surface area contributed by atoms with E-state index >= 15 is 0 Å². The molecular formula is C12H11N3S3. The van der Waals surface area contributed by atoms with Crippen LogP contribution in [0, 0.1) is 13.8 Å². The summed E-state index contributed by atoms with van der Waals surface area (Å²) in [5.74, 6) is 0. The molecule has 0 fully saturated rings. The predicted octanol–water partition coefficient (Wildman–Crippen LogP) is 4.10. The van der Waals surface area contributed by atoms with Gasteiger partial charge in [0.25, 0.3) is 0 Å². The minimum Gasteiger partial charge on any atom is -0.399 e. The Hall–Kier alpha value is -1.11. The molecular weight excluding hydrogens is 282 g/mol. The summed E-state index contributed by atoms with van der Waals surface area (Å²) in [6, 6.07) is 5.81. The van der Waals surface area contributed by atoms with Crippen LogP contribution >= 0.6 is 34.4 Å². The van der Waals surface area contributed by atoms with Crippen molar-refractivity contribution in [2.45, 2.75) is 22.5 Å². The third-order valence-corrected chi connectivity index (χ3v) is 5.79. The lowest BCUT2D eigenvalue weighted by Gasteiger charge is -1.88. The van der Waals surface area contributed by atoms with Gasteiger partial charge < -0.3 is 5.73 Å². The van der Waals surface area contributed by atoms with Gasteiger partial charge in [0.05, 0.1) is 15.9 Å². The van der Waals surface area contributed by atoms with Crippen molar-refractivity contribution >= 4 is 50.3 Å². The van der Waals surface area contributed by atoms with E-state index in [1.807, 2.05) is 25.1 Å². The van der Waals surface area contributed by atoms with E-state index in [4.69, 9.17) is 5.73 Å². The molecule has 0 aliphatic heterocycles. The molecule has 0 atom stereocenters. The number of anilines is 1.